The van der Waals surface area contributed by atoms with Gasteiger partial charge in [-0.3, -0.25) is 9.59 Å². The summed E-state index contributed by atoms with van der Waals surface area (Å²) in [5, 5.41) is 8.61. The minimum absolute atomic E-state index is 0.117. The van der Waals surface area contributed by atoms with Crippen LogP contribution in [0.3, 0.4) is 0 Å². The van der Waals surface area contributed by atoms with Crippen LogP contribution in [0, 0.1) is 0 Å². The highest BCUT2D eigenvalue weighted by Crippen LogP contribution is 2.15. The van der Waals surface area contributed by atoms with E-state index in [1.165, 1.54) is 6.07 Å². The topological polar surface area (TPSA) is 107 Å². The number of carbonyl (C=O) groups is 1. The second-order valence-electron chi connectivity index (χ2n) is 5.57. The van der Waals surface area contributed by atoms with Gasteiger partial charge in [0.2, 0.25) is 5.56 Å². The molecule has 0 fully saturated rings. The zero-order chi connectivity index (χ0) is 18.1. The van der Waals surface area contributed by atoms with Gasteiger partial charge in [0.1, 0.15) is 5.52 Å². The monoisotopic (exact) mass is 348 g/mol. The summed E-state index contributed by atoms with van der Waals surface area (Å²) in [7, 11) is 0. The highest BCUT2D eigenvalue weighted by Gasteiger charge is 2.14. The van der Waals surface area contributed by atoms with Crippen LogP contribution in [0.4, 0.5) is 0 Å². The SMILES string of the molecule is O=C(OCn1nnc2ccccc2c1=O)c1cc(=O)[nH]c2ccccc12. The normalized spacial score (nSPS) is 10.9. The van der Waals surface area contributed by atoms with E-state index in [-0.39, 0.29) is 5.56 Å². The maximum atomic E-state index is 12.4. The average molecular weight is 348 g/mol. The minimum Gasteiger partial charge on any atom is -0.439 e. The van der Waals surface area contributed by atoms with E-state index in [1.54, 1.807) is 48.5 Å². The number of carbonyl (C=O) groups excluding carboxylic acids is 1. The highest BCUT2D eigenvalue weighted by molar-refractivity contribution is 6.03. The lowest BCUT2D eigenvalue weighted by atomic mass is 10.1. The molecular weight excluding hydrogens is 336 g/mol. The summed E-state index contributed by atoms with van der Waals surface area (Å²) in [5.41, 5.74) is 0.263. The highest BCUT2D eigenvalue weighted by atomic mass is 16.5. The molecule has 0 aliphatic carbocycles. The third-order valence-corrected chi connectivity index (χ3v) is 3.92. The second-order valence-corrected chi connectivity index (χ2v) is 5.57. The van der Waals surface area contributed by atoms with E-state index in [1.807, 2.05) is 0 Å². The number of aromatic amines is 1. The van der Waals surface area contributed by atoms with Gasteiger partial charge in [0.15, 0.2) is 6.73 Å². The Kier molecular flexibility index (Phi) is 3.77. The second kappa shape index (κ2) is 6.25. The van der Waals surface area contributed by atoms with E-state index in [0.717, 1.165) is 4.68 Å². The molecule has 8 nitrogen and oxygen atoms in total. The summed E-state index contributed by atoms with van der Waals surface area (Å²) < 4.78 is 6.13. The summed E-state index contributed by atoms with van der Waals surface area (Å²) in [5.74, 6) is -0.728. The predicted octanol–water partition coefficient (Wildman–Crippen LogP) is 1.45. The summed E-state index contributed by atoms with van der Waals surface area (Å²) in [6.07, 6.45) is 0. The zero-order valence-corrected chi connectivity index (χ0v) is 13.4. The molecule has 0 aliphatic rings. The Bertz CT molecular complexity index is 1260. The van der Waals surface area contributed by atoms with Gasteiger partial charge in [-0.05, 0) is 18.2 Å². The summed E-state index contributed by atoms with van der Waals surface area (Å²) >= 11 is 0. The van der Waals surface area contributed by atoms with Crippen molar-refractivity contribution in [2.75, 3.05) is 0 Å². The Morgan fingerprint density at radius 3 is 2.62 bits per heavy atom. The number of nitrogens with one attached hydrogen (secondary N) is 1. The minimum atomic E-state index is -0.728. The molecule has 4 aromatic rings. The van der Waals surface area contributed by atoms with Gasteiger partial charge in [-0.15, -0.1) is 5.10 Å². The molecule has 0 saturated heterocycles. The van der Waals surface area contributed by atoms with Crippen molar-refractivity contribution in [1.82, 2.24) is 20.0 Å². The van der Waals surface area contributed by atoms with Crippen molar-refractivity contribution in [3.05, 3.63) is 80.9 Å². The van der Waals surface area contributed by atoms with E-state index in [0.29, 0.717) is 21.8 Å². The smallest absolute Gasteiger partial charge is 0.340 e. The lowest BCUT2D eigenvalue weighted by Crippen LogP contribution is -2.26. The first-order chi connectivity index (χ1) is 12.6. The number of fused-ring (bicyclic) bond motifs is 2. The van der Waals surface area contributed by atoms with Crippen LogP contribution < -0.4 is 11.1 Å². The predicted molar refractivity (Wildman–Crippen MR) is 93.8 cm³/mol. The molecule has 0 saturated carbocycles. The average Bonchev–Trinajstić information content (AvgIpc) is 2.66. The van der Waals surface area contributed by atoms with Crippen molar-refractivity contribution in [3.8, 4) is 0 Å². The Morgan fingerprint density at radius 2 is 1.77 bits per heavy atom. The number of ether oxygens (including phenoxy) is 1. The van der Waals surface area contributed by atoms with E-state index in [9.17, 15) is 14.4 Å². The van der Waals surface area contributed by atoms with Gasteiger partial charge in [-0.25, -0.2) is 4.79 Å². The lowest BCUT2D eigenvalue weighted by molar-refractivity contribution is 0.0338. The first kappa shape index (κ1) is 15.7. The maximum Gasteiger partial charge on any atom is 0.340 e. The quantitative estimate of drug-likeness (QED) is 0.562. The third kappa shape index (κ3) is 2.73. The number of rotatable bonds is 3. The van der Waals surface area contributed by atoms with E-state index >= 15 is 0 Å². The number of para-hydroxylation sites is 1. The van der Waals surface area contributed by atoms with E-state index in [4.69, 9.17) is 4.74 Å². The molecule has 128 valence electrons. The lowest BCUT2D eigenvalue weighted by Gasteiger charge is -2.08. The molecule has 0 unspecified atom stereocenters. The standard InChI is InChI=1S/C18H12N4O4/c23-16-9-13(11-5-1-3-7-14(11)19-16)18(25)26-10-22-17(24)12-6-2-4-8-15(12)20-21-22/h1-9H,10H2,(H,19,23). The first-order valence-corrected chi connectivity index (χ1v) is 7.75. The Morgan fingerprint density at radius 1 is 1.04 bits per heavy atom. The molecule has 0 radical (unpaired) electrons. The van der Waals surface area contributed by atoms with Crippen LogP contribution in [-0.2, 0) is 11.5 Å². The molecule has 0 aliphatic heterocycles. The Balaban J connectivity index is 1.65. The van der Waals surface area contributed by atoms with Gasteiger partial charge in [-0.1, -0.05) is 35.5 Å². The molecule has 2 aromatic heterocycles. The molecular formula is C18H12N4O4. The fraction of sp³-hybridized carbons (Fsp3) is 0.0556. The molecule has 0 amide bonds. The number of hydrogen-bond donors (Lipinski definition) is 1. The fourth-order valence-corrected chi connectivity index (χ4v) is 2.68. The van der Waals surface area contributed by atoms with Crippen molar-refractivity contribution in [2.24, 2.45) is 0 Å². The van der Waals surface area contributed by atoms with Crippen molar-refractivity contribution in [1.29, 1.82) is 0 Å². The Labute approximate surface area is 145 Å². The molecule has 0 spiro atoms. The summed E-state index contributed by atoms with van der Waals surface area (Å²) in [4.78, 5) is 39.2. The summed E-state index contributed by atoms with van der Waals surface area (Å²) in [6, 6.07) is 14.8. The number of H-pyrrole nitrogens is 1. The van der Waals surface area contributed by atoms with Crippen LogP contribution >= 0.6 is 0 Å². The largest absolute Gasteiger partial charge is 0.439 e. The van der Waals surface area contributed by atoms with Crippen molar-refractivity contribution in [3.63, 3.8) is 0 Å². The van der Waals surface area contributed by atoms with Crippen LogP contribution in [0.25, 0.3) is 21.8 Å². The number of aromatic nitrogens is 4. The molecule has 2 aromatic carbocycles. The van der Waals surface area contributed by atoms with E-state index < -0.39 is 23.8 Å². The molecule has 1 N–H and O–H groups in total. The van der Waals surface area contributed by atoms with Crippen LogP contribution in [0.5, 0.6) is 0 Å². The van der Waals surface area contributed by atoms with Gasteiger partial charge in [0.25, 0.3) is 5.56 Å². The number of pyridine rings is 1. The van der Waals surface area contributed by atoms with Gasteiger partial charge in [-0.2, -0.15) is 4.68 Å². The number of esters is 1. The number of nitrogens with zero attached hydrogens (tertiary/aromatic N) is 3. The van der Waals surface area contributed by atoms with Crippen LogP contribution in [-0.4, -0.2) is 25.9 Å². The van der Waals surface area contributed by atoms with Crippen molar-refractivity contribution < 1.29 is 9.53 Å². The summed E-state index contributed by atoms with van der Waals surface area (Å²) in [6.45, 7) is -0.406. The molecule has 2 heterocycles. The van der Waals surface area contributed by atoms with Crippen molar-refractivity contribution in [2.45, 2.75) is 6.73 Å². The van der Waals surface area contributed by atoms with Crippen LogP contribution in [0.15, 0.2) is 64.2 Å². The maximum absolute atomic E-state index is 12.4. The van der Waals surface area contributed by atoms with Gasteiger partial charge >= 0.3 is 5.97 Å². The molecule has 0 atom stereocenters. The number of benzene rings is 2. The van der Waals surface area contributed by atoms with Gasteiger partial charge in [0, 0.05) is 17.0 Å². The number of hydrogen-bond acceptors (Lipinski definition) is 6. The third-order valence-electron chi connectivity index (χ3n) is 3.92. The van der Waals surface area contributed by atoms with Crippen molar-refractivity contribution >= 4 is 27.8 Å². The Hall–Kier alpha value is -3.81. The zero-order valence-electron chi connectivity index (χ0n) is 13.4. The molecule has 0 bridgehead atoms. The molecule has 26 heavy (non-hydrogen) atoms. The van der Waals surface area contributed by atoms with Crippen LogP contribution in [0.1, 0.15) is 10.4 Å². The van der Waals surface area contributed by atoms with Crippen LogP contribution in [0.2, 0.25) is 0 Å². The molecule has 4 rings (SSSR count). The van der Waals surface area contributed by atoms with E-state index in [2.05, 4.69) is 15.3 Å². The first-order valence-electron chi connectivity index (χ1n) is 7.75. The van der Waals surface area contributed by atoms with Gasteiger partial charge in [0.05, 0.1) is 10.9 Å². The molecule has 8 heteroatoms. The van der Waals surface area contributed by atoms with Gasteiger partial charge < -0.3 is 9.72 Å². The fourth-order valence-electron chi connectivity index (χ4n) is 2.68.